The van der Waals surface area contributed by atoms with Crippen molar-refractivity contribution in [3.05, 3.63) is 68.7 Å². The van der Waals surface area contributed by atoms with E-state index >= 15 is 0 Å². The van der Waals surface area contributed by atoms with Gasteiger partial charge < -0.3 is 4.74 Å². The summed E-state index contributed by atoms with van der Waals surface area (Å²) < 4.78 is 37.1. The van der Waals surface area contributed by atoms with Gasteiger partial charge in [0.05, 0.1) is 18.0 Å². The maximum Gasteiger partial charge on any atom is 0.260 e. The Bertz CT molecular complexity index is 1380. The summed E-state index contributed by atoms with van der Waals surface area (Å²) in [7, 11) is -2.39. The van der Waals surface area contributed by atoms with Crippen LogP contribution in [-0.2, 0) is 31.5 Å². The molecule has 198 valence electrons. The van der Waals surface area contributed by atoms with Crippen molar-refractivity contribution in [2.24, 2.45) is 0 Å². The van der Waals surface area contributed by atoms with Crippen molar-refractivity contribution >= 4 is 67.2 Å². The fourth-order valence-corrected chi connectivity index (χ4v) is 7.07. The van der Waals surface area contributed by atoms with E-state index in [1.165, 1.54) is 15.4 Å². The third-order valence-corrected chi connectivity index (χ3v) is 9.15. The smallest absolute Gasteiger partial charge is 0.260 e. The summed E-state index contributed by atoms with van der Waals surface area (Å²) in [6.45, 7) is 4.40. The number of halogens is 3. The van der Waals surface area contributed by atoms with Crippen molar-refractivity contribution in [3.63, 3.8) is 0 Å². The number of sulfonamides is 1. The lowest BCUT2D eigenvalue weighted by Crippen LogP contribution is -2.38. The molecule has 1 fully saturated rings. The van der Waals surface area contributed by atoms with E-state index in [1.807, 2.05) is 38.1 Å². The molecule has 1 aliphatic rings. The van der Waals surface area contributed by atoms with Crippen LogP contribution in [0, 0.1) is 0 Å². The lowest BCUT2D eigenvalue weighted by atomic mass is 9.94. The minimum Gasteiger partial charge on any atom is -0.380 e. The molecule has 0 spiro atoms. The second kappa shape index (κ2) is 11.0. The van der Waals surface area contributed by atoms with Crippen molar-refractivity contribution < 1.29 is 17.9 Å². The van der Waals surface area contributed by atoms with E-state index in [0.29, 0.717) is 41.5 Å². The number of methoxy groups -OCH3 is 1. The van der Waals surface area contributed by atoms with E-state index in [4.69, 9.17) is 27.9 Å². The molecular formula is C25H27BrCl2N4O4S. The van der Waals surface area contributed by atoms with Gasteiger partial charge in [-0.05, 0) is 62.6 Å². The molecule has 12 heteroatoms. The quantitative estimate of drug-likeness (QED) is 0.286. The number of imidazole rings is 1. The van der Waals surface area contributed by atoms with Gasteiger partial charge in [0.2, 0.25) is 12.4 Å². The van der Waals surface area contributed by atoms with E-state index in [9.17, 15) is 13.2 Å². The normalized spacial score (nSPS) is 16.8. The highest BCUT2D eigenvalue weighted by atomic mass is 79.9. The van der Waals surface area contributed by atoms with Gasteiger partial charge in [-0.3, -0.25) is 14.3 Å². The molecule has 0 radical (unpaired) electrons. The first kappa shape index (κ1) is 28.1. The number of ether oxygens (including phenoxy) is 1. The number of hydrogen-bond donors (Lipinski definition) is 0. The molecule has 2 aromatic carbocycles. The molecule has 1 amide bonds. The van der Waals surface area contributed by atoms with Gasteiger partial charge in [-0.1, -0.05) is 51.3 Å². The van der Waals surface area contributed by atoms with Gasteiger partial charge in [0.15, 0.2) is 5.03 Å². The molecule has 0 N–H and O–H groups in total. The van der Waals surface area contributed by atoms with E-state index in [-0.39, 0.29) is 23.6 Å². The third-order valence-electron chi connectivity index (χ3n) is 6.36. The summed E-state index contributed by atoms with van der Waals surface area (Å²) in [5.74, 6) is 0.136. The SMILES string of the molecule is COC1CCN(S(=O)(=O)c2cnc(N(C=O)c3cc(Cl)cc(Cl)c3)n2C(C)(C)Cc2ccc(Br)cc2)C1. The summed E-state index contributed by atoms with van der Waals surface area (Å²) in [6, 6.07) is 12.5. The molecule has 1 aliphatic heterocycles. The number of aromatic nitrogens is 2. The van der Waals surface area contributed by atoms with E-state index in [1.54, 1.807) is 29.9 Å². The number of carbonyl (C=O) groups is 1. The Labute approximate surface area is 235 Å². The van der Waals surface area contributed by atoms with Gasteiger partial charge in [-0.25, -0.2) is 13.4 Å². The molecule has 37 heavy (non-hydrogen) atoms. The Morgan fingerprint density at radius 3 is 2.41 bits per heavy atom. The molecule has 1 atom stereocenters. The second-order valence-electron chi connectivity index (χ2n) is 9.46. The average molecular weight is 630 g/mol. The molecule has 0 saturated carbocycles. The number of rotatable bonds is 9. The van der Waals surface area contributed by atoms with Crippen LogP contribution in [0.5, 0.6) is 0 Å². The first-order chi connectivity index (χ1) is 17.5. The largest absolute Gasteiger partial charge is 0.380 e. The Morgan fingerprint density at radius 2 is 1.84 bits per heavy atom. The van der Waals surface area contributed by atoms with Gasteiger partial charge >= 0.3 is 0 Å². The van der Waals surface area contributed by atoms with E-state index in [0.717, 1.165) is 10.0 Å². The highest BCUT2D eigenvalue weighted by Crippen LogP contribution is 2.37. The van der Waals surface area contributed by atoms with Crippen LogP contribution in [-0.4, -0.2) is 55.0 Å². The average Bonchev–Trinajstić information content (AvgIpc) is 3.49. The second-order valence-corrected chi connectivity index (χ2v) is 13.1. The predicted octanol–water partition coefficient (Wildman–Crippen LogP) is 5.63. The Kier molecular flexibility index (Phi) is 8.37. The summed E-state index contributed by atoms with van der Waals surface area (Å²) >= 11 is 15.9. The van der Waals surface area contributed by atoms with Gasteiger partial charge in [-0.15, -0.1) is 0 Å². The topological polar surface area (TPSA) is 84.7 Å². The number of benzene rings is 2. The van der Waals surface area contributed by atoms with Crippen LogP contribution < -0.4 is 4.90 Å². The van der Waals surface area contributed by atoms with Crippen LogP contribution in [0.4, 0.5) is 11.6 Å². The van der Waals surface area contributed by atoms with Gasteiger partial charge in [0.25, 0.3) is 10.0 Å². The maximum absolute atomic E-state index is 13.9. The van der Waals surface area contributed by atoms with Crippen LogP contribution in [0.15, 0.2) is 58.2 Å². The van der Waals surface area contributed by atoms with Crippen molar-refractivity contribution in [2.45, 2.75) is 43.4 Å². The molecule has 3 aromatic rings. The van der Waals surface area contributed by atoms with E-state index in [2.05, 4.69) is 20.9 Å². The van der Waals surface area contributed by atoms with Crippen molar-refractivity contribution in [2.75, 3.05) is 25.1 Å². The fourth-order valence-electron chi connectivity index (χ4n) is 4.57. The van der Waals surface area contributed by atoms with Gasteiger partial charge in [0.1, 0.15) is 0 Å². The molecule has 0 bridgehead atoms. The zero-order chi connectivity index (χ0) is 27.0. The number of anilines is 2. The number of nitrogens with zero attached hydrogens (tertiary/aromatic N) is 4. The highest BCUT2D eigenvalue weighted by Gasteiger charge is 2.39. The number of amides is 1. The zero-order valence-corrected chi connectivity index (χ0v) is 24.5. The highest BCUT2D eigenvalue weighted by molar-refractivity contribution is 9.10. The minimum absolute atomic E-state index is 0.0126. The summed E-state index contributed by atoms with van der Waals surface area (Å²) in [5, 5.41) is 0.649. The number of hydrogen-bond acceptors (Lipinski definition) is 5. The Balaban J connectivity index is 1.87. The first-order valence-corrected chi connectivity index (χ1v) is 14.5. The van der Waals surface area contributed by atoms with Crippen molar-refractivity contribution in [1.29, 1.82) is 0 Å². The predicted molar refractivity (Wildman–Crippen MR) is 148 cm³/mol. The number of carbonyl (C=O) groups excluding carboxylic acids is 1. The first-order valence-electron chi connectivity index (χ1n) is 11.5. The summed E-state index contributed by atoms with van der Waals surface area (Å²) in [4.78, 5) is 18.1. The monoisotopic (exact) mass is 628 g/mol. The Morgan fingerprint density at radius 1 is 1.19 bits per heavy atom. The molecule has 8 nitrogen and oxygen atoms in total. The molecule has 0 aliphatic carbocycles. The Hall–Kier alpha value is -1.95. The minimum atomic E-state index is -3.96. The van der Waals surface area contributed by atoms with Crippen molar-refractivity contribution in [1.82, 2.24) is 13.9 Å². The molecule has 1 unspecified atom stereocenters. The van der Waals surface area contributed by atoms with Gasteiger partial charge in [0, 0.05) is 40.3 Å². The molecular weight excluding hydrogens is 603 g/mol. The lowest BCUT2D eigenvalue weighted by molar-refractivity contribution is -0.106. The molecule has 1 saturated heterocycles. The van der Waals surface area contributed by atoms with Crippen LogP contribution in [0.1, 0.15) is 25.8 Å². The summed E-state index contributed by atoms with van der Waals surface area (Å²) in [6.07, 6.45) is 2.76. The van der Waals surface area contributed by atoms with Crippen LogP contribution in [0.2, 0.25) is 10.0 Å². The third kappa shape index (κ3) is 5.89. The standard InChI is InChI=1S/C25H27BrCl2N4O4S/c1-25(2,13-17-4-6-18(26)7-5-17)32-23(37(34,35)30-9-8-22(15-30)36-3)14-29-24(32)31(16-33)21-11-19(27)10-20(28)12-21/h4-7,10-12,14,16,22H,8-9,13,15H2,1-3H3. The maximum atomic E-state index is 13.9. The van der Waals surface area contributed by atoms with E-state index < -0.39 is 15.6 Å². The van der Waals surface area contributed by atoms with Crippen LogP contribution in [0.3, 0.4) is 0 Å². The van der Waals surface area contributed by atoms with Gasteiger partial charge in [-0.2, -0.15) is 4.31 Å². The van der Waals surface area contributed by atoms with Crippen LogP contribution in [0.25, 0.3) is 0 Å². The summed E-state index contributed by atoms with van der Waals surface area (Å²) in [5.41, 5.74) is 0.537. The van der Waals surface area contributed by atoms with Crippen LogP contribution >= 0.6 is 39.1 Å². The molecule has 4 rings (SSSR count). The fraction of sp³-hybridized carbons (Fsp3) is 0.360. The molecule has 2 heterocycles. The lowest BCUT2D eigenvalue weighted by Gasteiger charge is -2.33. The van der Waals surface area contributed by atoms with Crippen molar-refractivity contribution in [3.8, 4) is 0 Å². The molecule has 1 aromatic heterocycles. The zero-order valence-electron chi connectivity index (χ0n) is 20.6.